The second-order valence-electron chi connectivity index (χ2n) is 3.93. The second kappa shape index (κ2) is 6.17. The van der Waals surface area contributed by atoms with Gasteiger partial charge in [0.1, 0.15) is 0 Å². The molecule has 0 fully saturated rings. The fourth-order valence-corrected chi connectivity index (χ4v) is 2.52. The molecule has 1 N–H and O–H groups in total. The van der Waals surface area contributed by atoms with Crippen LogP contribution in [-0.2, 0) is 0 Å². The van der Waals surface area contributed by atoms with Gasteiger partial charge in [0.15, 0.2) is 0 Å². The molecule has 0 bridgehead atoms. The lowest BCUT2D eigenvalue weighted by Gasteiger charge is -2.15. The normalized spacial score (nSPS) is 11.8. The Morgan fingerprint density at radius 1 is 1.28 bits per heavy atom. The Morgan fingerprint density at radius 3 is 2.67 bits per heavy atom. The summed E-state index contributed by atoms with van der Waals surface area (Å²) in [5.74, 6) is -0.0455. The number of hydrogen-bond donors (Lipinski definition) is 1. The van der Waals surface area contributed by atoms with Gasteiger partial charge in [-0.25, -0.2) is 0 Å². The zero-order chi connectivity index (χ0) is 12.8. The molecule has 2 nitrogen and oxygen atoms in total. The Hall–Kier alpha value is -1.87. The van der Waals surface area contributed by atoms with Gasteiger partial charge in [-0.2, -0.15) is 0 Å². The molecule has 2 aromatic rings. The number of rotatable bonds is 5. The number of carbonyl (C=O) groups excluding carboxylic acids is 1. The van der Waals surface area contributed by atoms with Crippen LogP contribution in [0.5, 0.6) is 0 Å². The molecule has 1 aromatic carbocycles. The van der Waals surface area contributed by atoms with Crippen LogP contribution in [0.25, 0.3) is 0 Å². The lowest BCUT2D eigenvalue weighted by molar-refractivity contribution is 0.0937. The number of carbonyl (C=O) groups is 1. The van der Waals surface area contributed by atoms with Crippen molar-refractivity contribution in [3.8, 4) is 0 Å². The summed E-state index contributed by atoms with van der Waals surface area (Å²) in [6.45, 7) is 3.74. The van der Waals surface area contributed by atoms with E-state index >= 15 is 0 Å². The van der Waals surface area contributed by atoms with Crippen LogP contribution in [0.2, 0.25) is 0 Å². The average Bonchev–Trinajstić information content (AvgIpc) is 2.93. The van der Waals surface area contributed by atoms with Crippen LogP contribution in [-0.4, -0.2) is 5.91 Å². The fourth-order valence-electron chi connectivity index (χ4n) is 1.73. The minimum absolute atomic E-state index is 0.00945. The molecule has 0 spiro atoms. The minimum Gasteiger partial charge on any atom is -0.344 e. The summed E-state index contributed by atoms with van der Waals surface area (Å²) in [5.41, 5.74) is 0.683. The van der Waals surface area contributed by atoms with Crippen LogP contribution < -0.4 is 5.32 Å². The molecule has 0 aliphatic carbocycles. The number of benzene rings is 1. The zero-order valence-electron chi connectivity index (χ0n) is 10.0. The molecule has 2 rings (SSSR count). The Balaban J connectivity index is 2.10. The molecule has 0 saturated heterocycles. The standard InChI is InChI=1S/C15H15NOS/c1-2-7-13(14-10-6-11-18-14)16-15(17)12-8-4-3-5-9-12/h2-6,8-11,13H,1,7H2,(H,16,17)/t13-/m1/s1. The van der Waals surface area contributed by atoms with Crippen molar-refractivity contribution >= 4 is 17.2 Å². The van der Waals surface area contributed by atoms with Crippen LogP contribution in [0.15, 0.2) is 60.5 Å². The zero-order valence-corrected chi connectivity index (χ0v) is 10.8. The molecule has 0 saturated carbocycles. The Labute approximate surface area is 111 Å². The largest absolute Gasteiger partial charge is 0.344 e. The van der Waals surface area contributed by atoms with Gasteiger partial charge in [0.2, 0.25) is 0 Å². The van der Waals surface area contributed by atoms with E-state index < -0.39 is 0 Å². The van der Waals surface area contributed by atoms with Crippen molar-refractivity contribution in [1.82, 2.24) is 5.32 Å². The molecule has 0 radical (unpaired) electrons. The molecule has 0 aliphatic heterocycles. The van der Waals surface area contributed by atoms with Gasteiger partial charge in [0.25, 0.3) is 5.91 Å². The first-order valence-electron chi connectivity index (χ1n) is 5.81. The highest BCUT2D eigenvalue weighted by Crippen LogP contribution is 2.22. The van der Waals surface area contributed by atoms with E-state index in [9.17, 15) is 4.79 Å². The van der Waals surface area contributed by atoms with Crippen molar-refractivity contribution in [2.45, 2.75) is 12.5 Å². The van der Waals surface area contributed by atoms with Gasteiger partial charge < -0.3 is 5.32 Å². The maximum absolute atomic E-state index is 12.1. The SMILES string of the molecule is C=CC[C@@H](NC(=O)c1ccccc1)c1cccs1. The van der Waals surface area contributed by atoms with Gasteiger partial charge in [0.05, 0.1) is 6.04 Å². The molecule has 1 atom stereocenters. The third kappa shape index (κ3) is 3.08. The monoisotopic (exact) mass is 257 g/mol. The van der Waals surface area contributed by atoms with Crippen LogP contribution in [0, 0.1) is 0 Å². The van der Waals surface area contributed by atoms with Crippen LogP contribution in [0.4, 0.5) is 0 Å². The van der Waals surface area contributed by atoms with E-state index in [1.165, 1.54) is 0 Å². The van der Waals surface area contributed by atoms with Crippen molar-refractivity contribution < 1.29 is 4.79 Å². The smallest absolute Gasteiger partial charge is 0.251 e. The summed E-state index contributed by atoms with van der Waals surface area (Å²) in [6, 6.07) is 13.3. The van der Waals surface area contributed by atoms with Crippen LogP contribution in [0.3, 0.4) is 0 Å². The third-order valence-corrected chi connectivity index (χ3v) is 3.62. The lowest BCUT2D eigenvalue weighted by atomic mass is 10.1. The summed E-state index contributed by atoms with van der Waals surface area (Å²) in [6.07, 6.45) is 2.56. The van der Waals surface area contributed by atoms with Crippen molar-refractivity contribution in [2.24, 2.45) is 0 Å². The quantitative estimate of drug-likeness (QED) is 0.811. The van der Waals surface area contributed by atoms with E-state index in [-0.39, 0.29) is 11.9 Å². The predicted molar refractivity (Wildman–Crippen MR) is 75.8 cm³/mol. The Morgan fingerprint density at radius 2 is 2.06 bits per heavy atom. The van der Waals surface area contributed by atoms with E-state index in [4.69, 9.17) is 0 Å². The maximum Gasteiger partial charge on any atom is 0.251 e. The highest BCUT2D eigenvalue weighted by atomic mass is 32.1. The summed E-state index contributed by atoms with van der Waals surface area (Å²) in [7, 11) is 0. The average molecular weight is 257 g/mol. The summed E-state index contributed by atoms with van der Waals surface area (Å²) < 4.78 is 0. The highest BCUT2D eigenvalue weighted by molar-refractivity contribution is 7.10. The molecule has 18 heavy (non-hydrogen) atoms. The maximum atomic E-state index is 12.1. The number of amides is 1. The molecular formula is C15H15NOS. The third-order valence-electron chi connectivity index (χ3n) is 2.63. The Bertz CT molecular complexity index is 505. The molecular weight excluding hydrogens is 242 g/mol. The molecule has 0 aliphatic rings. The summed E-state index contributed by atoms with van der Waals surface area (Å²) in [5, 5.41) is 5.05. The van der Waals surface area contributed by atoms with Crippen molar-refractivity contribution in [3.63, 3.8) is 0 Å². The van der Waals surface area contributed by atoms with E-state index in [0.717, 1.165) is 11.3 Å². The van der Waals surface area contributed by atoms with Gasteiger partial charge >= 0.3 is 0 Å². The van der Waals surface area contributed by atoms with Gasteiger partial charge in [-0.3, -0.25) is 4.79 Å². The molecule has 1 aromatic heterocycles. The van der Waals surface area contributed by atoms with Crippen LogP contribution in [0.1, 0.15) is 27.7 Å². The first-order chi connectivity index (χ1) is 8.81. The number of nitrogens with one attached hydrogen (secondary N) is 1. The van der Waals surface area contributed by atoms with Gasteiger partial charge in [-0.05, 0) is 30.0 Å². The van der Waals surface area contributed by atoms with Crippen molar-refractivity contribution in [3.05, 3.63) is 70.9 Å². The van der Waals surface area contributed by atoms with Gasteiger partial charge in [-0.15, -0.1) is 17.9 Å². The fraction of sp³-hybridized carbons (Fsp3) is 0.133. The number of thiophene rings is 1. The lowest BCUT2D eigenvalue weighted by Crippen LogP contribution is -2.27. The first-order valence-corrected chi connectivity index (χ1v) is 6.69. The minimum atomic E-state index is -0.0455. The second-order valence-corrected chi connectivity index (χ2v) is 4.91. The molecule has 92 valence electrons. The predicted octanol–water partition coefficient (Wildman–Crippen LogP) is 3.80. The first kappa shape index (κ1) is 12.6. The molecule has 1 heterocycles. The van der Waals surface area contributed by atoms with Gasteiger partial charge in [0, 0.05) is 10.4 Å². The van der Waals surface area contributed by atoms with E-state index in [1.54, 1.807) is 11.3 Å². The highest BCUT2D eigenvalue weighted by Gasteiger charge is 2.14. The van der Waals surface area contributed by atoms with E-state index in [1.807, 2.05) is 53.9 Å². The van der Waals surface area contributed by atoms with E-state index in [2.05, 4.69) is 11.9 Å². The number of hydrogen-bond acceptors (Lipinski definition) is 2. The molecule has 3 heteroatoms. The summed E-state index contributed by atoms with van der Waals surface area (Å²) >= 11 is 1.65. The molecule has 1 amide bonds. The van der Waals surface area contributed by atoms with Gasteiger partial charge in [-0.1, -0.05) is 30.3 Å². The Kier molecular flexibility index (Phi) is 4.31. The van der Waals surface area contributed by atoms with Crippen molar-refractivity contribution in [2.75, 3.05) is 0 Å². The van der Waals surface area contributed by atoms with Crippen LogP contribution >= 0.6 is 11.3 Å². The van der Waals surface area contributed by atoms with E-state index in [0.29, 0.717) is 5.56 Å². The topological polar surface area (TPSA) is 29.1 Å². The molecule has 0 unspecified atom stereocenters. The summed E-state index contributed by atoms with van der Waals surface area (Å²) in [4.78, 5) is 13.2. The van der Waals surface area contributed by atoms with Crippen molar-refractivity contribution in [1.29, 1.82) is 0 Å².